The summed E-state index contributed by atoms with van der Waals surface area (Å²) in [6.45, 7) is 0.556. The maximum absolute atomic E-state index is 11.7. The van der Waals surface area contributed by atoms with Crippen molar-refractivity contribution in [1.29, 1.82) is 0 Å². The van der Waals surface area contributed by atoms with Crippen molar-refractivity contribution in [1.82, 2.24) is 5.32 Å². The molecule has 2 aliphatic rings. The van der Waals surface area contributed by atoms with E-state index in [1.807, 2.05) is 48.5 Å². The second kappa shape index (κ2) is 8.62. The molecule has 5 rings (SSSR count). The lowest BCUT2D eigenvalue weighted by molar-refractivity contribution is -0.115. The average Bonchev–Trinajstić information content (AvgIpc) is 3.04. The third kappa shape index (κ3) is 4.09. The molecule has 154 valence electrons. The largest absolute Gasteiger partial charge is 0.329 e. The van der Waals surface area contributed by atoms with E-state index >= 15 is 0 Å². The number of para-hydroxylation sites is 2. The van der Waals surface area contributed by atoms with Crippen molar-refractivity contribution in [3.05, 3.63) is 100.0 Å². The highest BCUT2D eigenvalue weighted by Crippen LogP contribution is 2.35. The second-order valence-electron chi connectivity index (χ2n) is 7.31. The number of thioether (sulfide) groups is 1. The molecule has 2 amide bonds. The zero-order valence-electron chi connectivity index (χ0n) is 17.0. The number of anilines is 2. The summed E-state index contributed by atoms with van der Waals surface area (Å²) in [5.41, 5.74) is 6.33. The van der Waals surface area contributed by atoms with E-state index in [2.05, 4.69) is 58.5 Å². The van der Waals surface area contributed by atoms with Crippen LogP contribution in [-0.4, -0.2) is 17.7 Å². The second-order valence-corrected chi connectivity index (χ2v) is 8.33. The van der Waals surface area contributed by atoms with Crippen LogP contribution in [0.1, 0.15) is 22.3 Å². The Morgan fingerprint density at radius 1 is 0.844 bits per heavy atom. The number of rotatable bonds is 2. The summed E-state index contributed by atoms with van der Waals surface area (Å²) in [5.74, 6) is 6.19. The highest BCUT2D eigenvalue weighted by Gasteiger charge is 2.24. The van der Waals surface area contributed by atoms with Crippen LogP contribution in [0.25, 0.3) is 18.2 Å². The van der Waals surface area contributed by atoms with Crippen LogP contribution in [0, 0.1) is 11.8 Å². The van der Waals surface area contributed by atoms with Crippen LogP contribution < -0.4 is 10.2 Å². The monoisotopic (exact) mass is 434 g/mol. The van der Waals surface area contributed by atoms with Crippen molar-refractivity contribution in [3.63, 3.8) is 0 Å². The van der Waals surface area contributed by atoms with E-state index in [4.69, 9.17) is 0 Å². The highest BCUT2D eigenvalue weighted by molar-refractivity contribution is 8.18. The van der Waals surface area contributed by atoms with E-state index in [0.717, 1.165) is 45.4 Å². The lowest BCUT2D eigenvalue weighted by atomic mass is 10.1. The van der Waals surface area contributed by atoms with Gasteiger partial charge in [-0.05, 0) is 58.8 Å². The summed E-state index contributed by atoms with van der Waals surface area (Å²) in [4.78, 5) is 25.6. The number of nitrogens with zero attached hydrogens (tertiary/aromatic N) is 1. The number of benzene rings is 3. The molecular formula is C27H18N2O2S. The van der Waals surface area contributed by atoms with E-state index in [9.17, 15) is 9.59 Å². The van der Waals surface area contributed by atoms with Crippen molar-refractivity contribution in [2.45, 2.75) is 0 Å². The quantitative estimate of drug-likeness (QED) is 0.416. The Balaban J connectivity index is 1.38. The number of carbonyl (C=O) groups excluding carboxylic acids is 2. The molecule has 0 atom stereocenters. The predicted molar refractivity (Wildman–Crippen MR) is 131 cm³/mol. The maximum Gasteiger partial charge on any atom is 0.290 e. The molecule has 4 nitrogen and oxygen atoms in total. The molecular weight excluding hydrogens is 416 g/mol. The van der Waals surface area contributed by atoms with E-state index in [1.54, 1.807) is 6.08 Å². The van der Waals surface area contributed by atoms with Gasteiger partial charge in [0.05, 0.1) is 11.4 Å². The normalized spacial score (nSPS) is 15.5. The summed E-state index contributed by atoms with van der Waals surface area (Å²) in [5, 5.41) is 1.92. The summed E-state index contributed by atoms with van der Waals surface area (Å²) in [6, 6.07) is 24.3. The molecule has 0 aromatic heterocycles. The summed E-state index contributed by atoms with van der Waals surface area (Å²) in [6.07, 6.45) is 6.00. The molecule has 1 N–H and O–H groups in total. The van der Waals surface area contributed by atoms with Gasteiger partial charge in [-0.1, -0.05) is 72.5 Å². The molecule has 3 aromatic rings. The number of fused-ring (bicyclic) bond motifs is 2. The lowest BCUT2D eigenvalue weighted by Gasteiger charge is -2.24. The Kier molecular flexibility index (Phi) is 5.37. The van der Waals surface area contributed by atoms with Gasteiger partial charge in [0.2, 0.25) is 0 Å². The van der Waals surface area contributed by atoms with Crippen LogP contribution in [0.3, 0.4) is 0 Å². The molecule has 0 bridgehead atoms. The minimum Gasteiger partial charge on any atom is -0.329 e. The first kappa shape index (κ1) is 19.9. The fourth-order valence-corrected chi connectivity index (χ4v) is 4.37. The molecule has 3 aromatic carbocycles. The van der Waals surface area contributed by atoms with Crippen molar-refractivity contribution >= 4 is 52.5 Å². The molecule has 0 spiro atoms. The Hall–Kier alpha value is -4.01. The third-order valence-electron chi connectivity index (χ3n) is 5.22. The first-order valence-corrected chi connectivity index (χ1v) is 11.0. The minimum absolute atomic E-state index is 0.337. The SMILES string of the molecule is O=C1NC(=O)C(=Cc2ccc(C#CCN3c4ccccc4C=Cc4ccccc43)cc2)S1. The van der Waals surface area contributed by atoms with E-state index < -0.39 is 0 Å². The molecule has 1 saturated heterocycles. The zero-order valence-corrected chi connectivity index (χ0v) is 17.9. The summed E-state index contributed by atoms with van der Waals surface area (Å²) in [7, 11) is 0. The van der Waals surface area contributed by atoms with Gasteiger partial charge in [-0.2, -0.15) is 0 Å². The number of nitrogens with one attached hydrogen (secondary N) is 1. The standard InChI is InChI=1S/C27H18N2O2S/c30-26-25(32-27(31)28-26)18-20-13-11-19(12-14-20)6-5-17-29-23-9-3-1-7-21(23)15-16-22-8-2-4-10-24(22)29/h1-4,7-16,18H,17H2,(H,28,30,31). The van der Waals surface area contributed by atoms with Gasteiger partial charge in [0, 0.05) is 16.9 Å². The third-order valence-corrected chi connectivity index (χ3v) is 6.03. The van der Waals surface area contributed by atoms with Crippen molar-refractivity contribution in [2.75, 3.05) is 11.4 Å². The Morgan fingerprint density at radius 2 is 1.47 bits per heavy atom. The molecule has 0 unspecified atom stereocenters. The molecule has 0 aliphatic carbocycles. The number of hydrogen-bond donors (Lipinski definition) is 1. The van der Waals surface area contributed by atoms with Gasteiger partial charge in [-0.3, -0.25) is 14.9 Å². The Labute approximate surface area is 190 Å². The number of carbonyl (C=O) groups is 2. The topological polar surface area (TPSA) is 49.4 Å². The Morgan fingerprint density at radius 3 is 2.06 bits per heavy atom. The van der Waals surface area contributed by atoms with Crippen LogP contribution in [0.2, 0.25) is 0 Å². The molecule has 0 saturated carbocycles. The van der Waals surface area contributed by atoms with Gasteiger partial charge in [-0.25, -0.2) is 0 Å². The van der Waals surface area contributed by atoms with Crippen molar-refractivity contribution < 1.29 is 9.59 Å². The van der Waals surface area contributed by atoms with Gasteiger partial charge in [-0.15, -0.1) is 0 Å². The fraction of sp³-hybridized carbons (Fsp3) is 0.0370. The first-order chi connectivity index (χ1) is 15.7. The van der Waals surface area contributed by atoms with Gasteiger partial charge in [0.25, 0.3) is 11.1 Å². The first-order valence-electron chi connectivity index (χ1n) is 10.1. The molecule has 2 aliphatic heterocycles. The van der Waals surface area contributed by atoms with Gasteiger partial charge in [0.1, 0.15) is 0 Å². The maximum atomic E-state index is 11.7. The van der Waals surface area contributed by atoms with Crippen LogP contribution in [0.5, 0.6) is 0 Å². The fourth-order valence-electron chi connectivity index (χ4n) is 3.68. The van der Waals surface area contributed by atoms with E-state index in [1.165, 1.54) is 0 Å². The number of imide groups is 1. The summed E-state index contributed by atoms with van der Waals surface area (Å²) < 4.78 is 0. The highest BCUT2D eigenvalue weighted by atomic mass is 32.2. The van der Waals surface area contributed by atoms with Crippen molar-refractivity contribution in [2.24, 2.45) is 0 Å². The van der Waals surface area contributed by atoms with Gasteiger partial charge < -0.3 is 4.90 Å². The predicted octanol–water partition coefficient (Wildman–Crippen LogP) is 5.68. The van der Waals surface area contributed by atoms with Gasteiger partial charge >= 0.3 is 0 Å². The molecule has 2 heterocycles. The number of amides is 2. The number of hydrogen-bond acceptors (Lipinski definition) is 4. The van der Waals surface area contributed by atoms with Crippen LogP contribution in [0.4, 0.5) is 16.2 Å². The van der Waals surface area contributed by atoms with Crippen LogP contribution in [0.15, 0.2) is 77.7 Å². The van der Waals surface area contributed by atoms with Gasteiger partial charge in [0.15, 0.2) is 0 Å². The van der Waals surface area contributed by atoms with Crippen molar-refractivity contribution in [3.8, 4) is 11.8 Å². The summed E-state index contributed by atoms with van der Waals surface area (Å²) >= 11 is 0.916. The zero-order chi connectivity index (χ0) is 21.9. The minimum atomic E-state index is -0.351. The van der Waals surface area contributed by atoms with E-state index in [0.29, 0.717) is 11.4 Å². The Bertz CT molecular complexity index is 1290. The molecule has 0 radical (unpaired) electrons. The van der Waals surface area contributed by atoms with Crippen LogP contribution >= 0.6 is 11.8 Å². The average molecular weight is 435 g/mol. The molecule has 1 fully saturated rings. The molecule has 5 heteroatoms. The smallest absolute Gasteiger partial charge is 0.290 e. The van der Waals surface area contributed by atoms with Crippen LogP contribution in [-0.2, 0) is 4.79 Å². The van der Waals surface area contributed by atoms with E-state index in [-0.39, 0.29) is 11.1 Å². The molecule has 32 heavy (non-hydrogen) atoms. The lowest BCUT2D eigenvalue weighted by Crippen LogP contribution is -2.18.